The van der Waals surface area contributed by atoms with Crippen molar-refractivity contribution in [1.82, 2.24) is 14.8 Å². The van der Waals surface area contributed by atoms with Crippen LogP contribution in [-0.4, -0.2) is 26.6 Å². The molecule has 2 amide bonds. The fourth-order valence-electron chi connectivity index (χ4n) is 2.87. The van der Waals surface area contributed by atoms with E-state index in [2.05, 4.69) is 15.4 Å². The summed E-state index contributed by atoms with van der Waals surface area (Å²) in [6.07, 6.45) is 3.02. The van der Waals surface area contributed by atoms with E-state index >= 15 is 0 Å². The summed E-state index contributed by atoms with van der Waals surface area (Å²) in [5.41, 5.74) is 7.97. The van der Waals surface area contributed by atoms with Gasteiger partial charge >= 0.3 is 0 Å². The second-order valence-corrected chi connectivity index (χ2v) is 7.90. The first-order valence-electron chi connectivity index (χ1n) is 8.94. The minimum Gasteiger partial charge on any atom is -0.365 e. The van der Waals surface area contributed by atoms with E-state index in [0.29, 0.717) is 22.8 Å². The smallest absolute Gasteiger partial charge is 0.261 e. The van der Waals surface area contributed by atoms with Crippen molar-refractivity contribution in [2.75, 3.05) is 5.32 Å². The van der Waals surface area contributed by atoms with Crippen molar-refractivity contribution in [3.05, 3.63) is 88.0 Å². The lowest BCUT2D eigenvalue weighted by molar-refractivity contribution is 0.100. The van der Waals surface area contributed by atoms with Crippen LogP contribution in [0.25, 0.3) is 11.3 Å². The topological polar surface area (TPSA) is 103 Å². The van der Waals surface area contributed by atoms with Crippen LogP contribution in [0.2, 0.25) is 5.02 Å². The number of hydrogen-bond acceptors (Lipinski definition) is 5. The summed E-state index contributed by atoms with van der Waals surface area (Å²) in [5.74, 6) is -0.977. The van der Waals surface area contributed by atoms with E-state index in [1.54, 1.807) is 23.0 Å². The van der Waals surface area contributed by atoms with Gasteiger partial charge in [0.2, 0.25) is 0 Å². The maximum atomic E-state index is 13.0. The number of rotatable bonds is 6. The van der Waals surface area contributed by atoms with Crippen molar-refractivity contribution in [2.45, 2.75) is 6.54 Å². The fraction of sp³-hybridized carbons (Fsp3) is 0.0476. The lowest BCUT2D eigenvalue weighted by Crippen LogP contribution is -2.12. The number of carbonyl (C=O) groups excluding carboxylic acids is 2. The number of halogens is 1. The Morgan fingerprint density at radius 1 is 1.10 bits per heavy atom. The minimum absolute atomic E-state index is 0.267. The largest absolute Gasteiger partial charge is 0.365 e. The molecule has 0 radical (unpaired) electrons. The maximum absolute atomic E-state index is 13.0. The predicted molar refractivity (Wildman–Crippen MR) is 117 cm³/mol. The van der Waals surface area contributed by atoms with Gasteiger partial charge in [0, 0.05) is 16.8 Å². The van der Waals surface area contributed by atoms with Gasteiger partial charge in [-0.1, -0.05) is 65.4 Å². The predicted octanol–water partition coefficient (Wildman–Crippen LogP) is 4.06. The quantitative estimate of drug-likeness (QED) is 0.474. The normalized spacial score (nSPS) is 10.7. The van der Waals surface area contributed by atoms with Gasteiger partial charge in [0.25, 0.3) is 11.8 Å². The Balaban J connectivity index is 1.67. The molecule has 150 valence electrons. The second kappa shape index (κ2) is 8.48. The molecule has 2 heterocycles. The zero-order valence-corrected chi connectivity index (χ0v) is 17.2. The maximum Gasteiger partial charge on any atom is 0.261 e. The monoisotopic (exact) mass is 437 g/mol. The van der Waals surface area contributed by atoms with E-state index in [9.17, 15) is 9.59 Å². The first kappa shape index (κ1) is 19.8. The van der Waals surface area contributed by atoms with Crippen molar-refractivity contribution in [3.8, 4) is 11.3 Å². The van der Waals surface area contributed by atoms with Gasteiger partial charge in [0.05, 0.1) is 18.3 Å². The van der Waals surface area contributed by atoms with Gasteiger partial charge in [-0.2, -0.15) is 5.10 Å². The first-order chi connectivity index (χ1) is 14.5. The lowest BCUT2D eigenvalue weighted by Gasteiger charge is -2.03. The molecule has 30 heavy (non-hydrogen) atoms. The number of nitrogens with zero attached hydrogens (tertiary/aromatic N) is 3. The SMILES string of the molecule is NC(=O)c1cnc(NC(=O)c2cn(Cc3ccccc3)nc2-c2ccc(Cl)cc2)s1. The van der Waals surface area contributed by atoms with Crippen LogP contribution in [0, 0.1) is 0 Å². The average Bonchev–Trinajstić information content (AvgIpc) is 3.37. The standard InChI is InChI=1S/C21H16ClN5O2S/c22-15-8-6-14(7-9-15)18-16(12-27(26-18)11-13-4-2-1-3-5-13)20(29)25-21-24-10-17(30-21)19(23)28/h1-10,12H,11H2,(H2,23,28)(H,24,25,29). The van der Waals surface area contributed by atoms with Crippen molar-refractivity contribution in [3.63, 3.8) is 0 Å². The molecule has 7 nitrogen and oxygen atoms in total. The van der Waals surface area contributed by atoms with E-state index in [4.69, 9.17) is 17.3 Å². The Kier molecular flexibility index (Phi) is 5.60. The number of thiazole rings is 1. The highest BCUT2D eigenvalue weighted by atomic mass is 35.5. The Labute approximate surface area is 181 Å². The van der Waals surface area contributed by atoms with Crippen LogP contribution in [0.4, 0.5) is 5.13 Å². The number of carbonyl (C=O) groups is 2. The molecule has 9 heteroatoms. The van der Waals surface area contributed by atoms with Crippen LogP contribution in [0.3, 0.4) is 0 Å². The lowest BCUT2D eigenvalue weighted by atomic mass is 10.1. The molecule has 0 atom stereocenters. The Morgan fingerprint density at radius 3 is 2.50 bits per heavy atom. The number of primary amides is 1. The summed E-state index contributed by atoms with van der Waals surface area (Å²) < 4.78 is 1.71. The molecule has 0 bridgehead atoms. The molecule has 0 unspecified atom stereocenters. The van der Waals surface area contributed by atoms with Crippen molar-refractivity contribution in [2.24, 2.45) is 5.73 Å². The zero-order valence-electron chi connectivity index (χ0n) is 15.6. The van der Waals surface area contributed by atoms with Gasteiger partial charge in [0.1, 0.15) is 10.6 Å². The highest BCUT2D eigenvalue weighted by Gasteiger charge is 2.20. The fourth-order valence-corrected chi connectivity index (χ4v) is 3.66. The van der Waals surface area contributed by atoms with Gasteiger partial charge in [-0.25, -0.2) is 4.98 Å². The number of anilines is 1. The zero-order chi connectivity index (χ0) is 21.1. The number of nitrogens with one attached hydrogen (secondary N) is 1. The summed E-state index contributed by atoms with van der Waals surface area (Å²) in [5, 5.41) is 8.21. The Hall–Kier alpha value is -3.49. The van der Waals surface area contributed by atoms with E-state index < -0.39 is 5.91 Å². The molecule has 4 rings (SSSR count). The summed E-state index contributed by atoms with van der Waals surface area (Å²) in [6.45, 7) is 0.512. The highest BCUT2D eigenvalue weighted by molar-refractivity contribution is 7.17. The number of amides is 2. The van der Waals surface area contributed by atoms with Gasteiger partial charge in [-0.05, 0) is 17.7 Å². The minimum atomic E-state index is -0.592. The van der Waals surface area contributed by atoms with Gasteiger partial charge in [-0.15, -0.1) is 0 Å². The molecular formula is C21H16ClN5O2S. The third-order valence-corrected chi connectivity index (χ3v) is 5.46. The van der Waals surface area contributed by atoms with Crippen LogP contribution >= 0.6 is 22.9 Å². The summed E-state index contributed by atoms with van der Waals surface area (Å²) in [6, 6.07) is 16.9. The summed E-state index contributed by atoms with van der Waals surface area (Å²) in [4.78, 5) is 28.5. The number of hydrogen-bond donors (Lipinski definition) is 2. The molecule has 0 saturated heterocycles. The molecule has 3 N–H and O–H groups in total. The van der Waals surface area contributed by atoms with Crippen LogP contribution in [0.15, 0.2) is 67.0 Å². The van der Waals surface area contributed by atoms with Crippen LogP contribution in [-0.2, 0) is 6.54 Å². The van der Waals surface area contributed by atoms with E-state index in [-0.39, 0.29) is 15.9 Å². The second-order valence-electron chi connectivity index (χ2n) is 6.43. The molecular weight excluding hydrogens is 422 g/mol. The van der Waals surface area contributed by atoms with E-state index in [0.717, 1.165) is 22.5 Å². The molecule has 0 fully saturated rings. The molecule has 0 aliphatic rings. The molecule has 0 spiro atoms. The van der Waals surface area contributed by atoms with Gasteiger partial charge in [0.15, 0.2) is 5.13 Å². The van der Waals surface area contributed by atoms with E-state index in [1.807, 2.05) is 42.5 Å². The number of nitrogens with two attached hydrogens (primary N) is 1. The third kappa shape index (κ3) is 4.40. The third-order valence-electron chi connectivity index (χ3n) is 4.28. The van der Waals surface area contributed by atoms with Crippen LogP contribution in [0.1, 0.15) is 25.6 Å². The van der Waals surface area contributed by atoms with E-state index in [1.165, 1.54) is 6.20 Å². The van der Waals surface area contributed by atoms with Crippen molar-refractivity contribution >= 4 is 39.9 Å². The average molecular weight is 438 g/mol. The number of benzene rings is 2. The first-order valence-corrected chi connectivity index (χ1v) is 10.1. The molecule has 0 aliphatic carbocycles. The van der Waals surface area contributed by atoms with Crippen molar-refractivity contribution in [1.29, 1.82) is 0 Å². The Bertz CT molecular complexity index is 1200. The Morgan fingerprint density at radius 2 is 1.83 bits per heavy atom. The number of aromatic nitrogens is 3. The molecule has 4 aromatic rings. The molecule has 2 aromatic carbocycles. The molecule has 0 aliphatic heterocycles. The molecule has 0 saturated carbocycles. The summed E-state index contributed by atoms with van der Waals surface area (Å²) in [7, 11) is 0. The van der Waals surface area contributed by atoms with Gasteiger partial charge in [-0.3, -0.25) is 19.6 Å². The summed E-state index contributed by atoms with van der Waals surface area (Å²) >= 11 is 7.01. The highest BCUT2D eigenvalue weighted by Crippen LogP contribution is 2.26. The molecule has 2 aromatic heterocycles. The van der Waals surface area contributed by atoms with Crippen LogP contribution < -0.4 is 11.1 Å². The van der Waals surface area contributed by atoms with Crippen molar-refractivity contribution < 1.29 is 9.59 Å². The van der Waals surface area contributed by atoms with Crippen LogP contribution in [0.5, 0.6) is 0 Å². The van der Waals surface area contributed by atoms with Gasteiger partial charge < -0.3 is 5.73 Å².